The molecule has 5 heteroatoms. The second kappa shape index (κ2) is 18.4. The molecular weight excluding hydrogens is 655 g/mol. The molecule has 4 rings (SSSR count). The molecule has 1 aliphatic rings. The van der Waals surface area contributed by atoms with Crippen molar-refractivity contribution in [3.05, 3.63) is 101 Å². The number of nitrogens with zero attached hydrogens (tertiary/aromatic N) is 1. The number of benzene rings is 3. The Kier molecular flexibility index (Phi) is 14.7. The van der Waals surface area contributed by atoms with Crippen LogP contribution < -0.4 is 3.58 Å². The summed E-state index contributed by atoms with van der Waals surface area (Å²) in [6.07, 6.45) is 11.2. The van der Waals surface area contributed by atoms with Gasteiger partial charge >= 0.3 is 185 Å². The minimum absolute atomic E-state index is 0.267. The maximum absolute atomic E-state index is 13.6. The van der Waals surface area contributed by atoms with Crippen LogP contribution >= 0.6 is 0 Å². The van der Waals surface area contributed by atoms with E-state index in [0.717, 1.165) is 37.2 Å². The van der Waals surface area contributed by atoms with Gasteiger partial charge in [-0.3, -0.25) is 0 Å². The van der Waals surface area contributed by atoms with Gasteiger partial charge in [0.05, 0.1) is 0 Å². The normalized spacial score (nSPS) is 14.9. The standard InChI is InChI=1S/C27H28F2NO.3C4H9.Sn/c28-25-10-6-23(7-11-25)27(24-8-12-26(29)13-9-24)31-19-16-21-14-17-30(18-15-21)20-22-4-2-1-3-5-22;3*1-3-4-2;/h2-13,21,27H,14-20H2;3*1,3-4H2,2H3;. The Hall–Kier alpha value is -1.76. The van der Waals surface area contributed by atoms with Gasteiger partial charge in [0.25, 0.3) is 0 Å². The fourth-order valence-electron chi connectivity index (χ4n) is 7.02. The van der Waals surface area contributed by atoms with Gasteiger partial charge in [0.2, 0.25) is 0 Å². The summed E-state index contributed by atoms with van der Waals surface area (Å²) in [4.78, 5) is 2.62. The van der Waals surface area contributed by atoms with Crippen molar-refractivity contribution < 1.29 is 13.5 Å². The predicted octanol–water partition coefficient (Wildman–Crippen LogP) is 10.4. The molecule has 0 bridgehead atoms. The molecule has 1 aliphatic heterocycles. The molecule has 0 radical (unpaired) electrons. The molecule has 0 amide bonds. The fourth-order valence-corrected chi connectivity index (χ4v) is 22.9. The summed E-state index contributed by atoms with van der Waals surface area (Å²) in [5.41, 5.74) is 3.24. The minimum atomic E-state index is -2.36. The van der Waals surface area contributed by atoms with Crippen molar-refractivity contribution in [2.45, 2.75) is 105 Å². The van der Waals surface area contributed by atoms with Crippen molar-refractivity contribution in [1.29, 1.82) is 0 Å². The van der Waals surface area contributed by atoms with Crippen LogP contribution in [0.25, 0.3) is 0 Å². The van der Waals surface area contributed by atoms with Gasteiger partial charge in [-0.1, -0.05) is 24.3 Å². The number of halogens is 2. The monoisotopic (exact) mass is 711 g/mol. The first-order valence-corrected chi connectivity index (χ1v) is 24.9. The molecule has 0 unspecified atom stereocenters. The van der Waals surface area contributed by atoms with Crippen LogP contribution in [-0.4, -0.2) is 43.0 Å². The number of ether oxygens (including phenoxy) is 1. The number of likely N-dealkylation sites (tertiary alicyclic amines) is 1. The SMILES string of the molecule is CCC[CH2][Sn]([CH2]CCC)([CH2]CCC)[c]1ccc(CN2CCC(CCOC(c3ccc(F)cc3)c3ccc(F)cc3)CC2)cc1. The first-order chi connectivity index (χ1) is 21.5. The van der Waals surface area contributed by atoms with E-state index >= 15 is 0 Å². The van der Waals surface area contributed by atoms with E-state index in [4.69, 9.17) is 4.74 Å². The molecule has 3 aromatic rings. The van der Waals surface area contributed by atoms with Crippen molar-refractivity contribution >= 4 is 22.0 Å². The van der Waals surface area contributed by atoms with Crippen LogP contribution in [0.1, 0.15) is 101 Å². The molecule has 1 saturated heterocycles. The van der Waals surface area contributed by atoms with Crippen molar-refractivity contribution in [2.24, 2.45) is 5.92 Å². The van der Waals surface area contributed by atoms with E-state index in [1.165, 1.54) is 94.5 Å². The van der Waals surface area contributed by atoms with E-state index in [-0.39, 0.29) is 17.7 Å². The molecule has 3 aromatic carbocycles. The molecule has 1 fully saturated rings. The molecule has 0 atom stereocenters. The number of piperidine rings is 1. The Bertz CT molecular complexity index is 1140. The Balaban J connectivity index is 1.29. The van der Waals surface area contributed by atoms with Crippen LogP contribution in [0.3, 0.4) is 0 Å². The van der Waals surface area contributed by atoms with Crippen LogP contribution in [0.15, 0.2) is 72.8 Å². The molecule has 2 nitrogen and oxygen atoms in total. The number of unbranched alkanes of at least 4 members (excludes halogenated alkanes) is 3. The third kappa shape index (κ3) is 10.4. The molecule has 240 valence electrons. The Labute approximate surface area is 270 Å². The first-order valence-electron chi connectivity index (χ1n) is 17.4. The zero-order valence-electron chi connectivity index (χ0n) is 27.5. The summed E-state index contributed by atoms with van der Waals surface area (Å²) >= 11 is -2.36. The van der Waals surface area contributed by atoms with Crippen molar-refractivity contribution in [1.82, 2.24) is 4.90 Å². The van der Waals surface area contributed by atoms with Crippen LogP contribution in [0.4, 0.5) is 8.78 Å². The van der Waals surface area contributed by atoms with Gasteiger partial charge < -0.3 is 0 Å². The predicted molar refractivity (Wildman–Crippen MR) is 184 cm³/mol. The summed E-state index contributed by atoms with van der Waals surface area (Å²) in [5.74, 6) is 0.105. The van der Waals surface area contributed by atoms with Gasteiger partial charge in [-0.2, -0.15) is 0 Å². The Morgan fingerprint density at radius 2 is 1.18 bits per heavy atom. The van der Waals surface area contributed by atoms with E-state index in [2.05, 4.69) is 49.9 Å². The quantitative estimate of drug-likeness (QED) is 0.122. The van der Waals surface area contributed by atoms with Crippen LogP contribution in [0, 0.1) is 17.6 Å². The molecular formula is C39H55F2NOSn. The molecule has 0 saturated carbocycles. The Morgan fingerprint density at radius 1 is 0.705 bits per heavy atom. The van der Waals surface area contributed by atoms with Gasteiger partial charge in [0, 0.05) is 0 Å². The molecule has 0 aliphatic carbocycles. The average molecular weight is 711 g/mol. The molecule has 0 spiro atoms. The average Bonchev–Trinajstić information content (AvgIpc) is 3.05. The zero-order valence-corrected chi connectivity index (χ0v) is 30.4. The Morgan fingerprint density at radius 3 is 1.64 bits per heavy atom. The molecule has 0 N–H and O–H groups in total. The molecule has 44 heavy (non-hydrogen) atoms. The van der Waals surface area contributed by atoms with Crippen molar-refractivity contribution in [3.8, 4) is 0 Å². The van der Waals surface area contributed by atoms with Gasteiger partial charge in [0.1, 0.15) is 17.7 Å². The van der Waals surface area contributed by atoms with E-state index < -0.39 is 18.4 Å². The van der Waals surface area contributed by atoms with Gasteiger partial charge in [-0.05, 0) is 35.4 Å². The van der Waals surface area contributed by atoms with Crippen molar-refractivity contribution in [2.75, 3.05) is 19.7 Å². The third-order valence-corrected chi connectivity index (χ3v) is 25.5. The van der Waals surface area contributed by atoms with Gasteiger partial charge in [-0.15, -0.1) is 0 Å². The topological polar surface area (TPSA) is 12.5 Å². The molecule has 0 aromatic heterocycles. The summed E-state index contributed by atoms with van der Waals surface area (Å²) in [6, 6.07) is 22.9. The number of hydrogen-bond donors (Lipinski definition) is 0. The third-order valence-electron chi connectivity index (χ3n) is 9.86. The molecule has 1 heterocycles. The van der Waals surface area contributed by atoms with E-state index in [0.29, 0.717) is 12.5 Å². The number of hydrogen-bond acceptors (Lipinski definition) is 2. The summed E-state index contributed by atoms with van der Waals surface area (Å²) in [6.45, 7) is 11.0. The van der Waals surface area contributed by atoms with E-state index in [9.17, 15) is 8.78 Å². The second-order valence-electron chi connectivity index (χ2n) is 13.2. The maximum atomic E-state index is 13.6. The zero-order chi connectivity index (χ0) is 31.2. The summed E-state index contributed by atoms with van der Waals surface area (Å²) < 4.78 is 39.9. The van der Waals surface area contributed by atoms with E-state index in [1.54, 1.807) is 27.8 Å². The number of rotatable bonds is 18. The first kappa shape index (κ1) is 35.1. The van der Waals surface area contributed by atoms with Gasteiger partial charge in [-0.25, -0.2) is 8.78 Å². The summed E-state index contributed by atoms with van der Waals surface area (Å²) in [7, 11) is 0. The fraction of sp³-hybridized carbons (Fsp3) is 0.538. The van der Waals surface area contributed by atoms with Crippen LogP contribution in [0.2, 0.25) is 13.3 Å². The summed E-state index contributed by atoms with van der Waals surface area (Å²) in [5, 5.41) is 0. The van der Waals surface area contributed by atoms with Crippen LogP contribution in [-0.2, 0) is 11.3 Å². The second-order valence-corrected chi connectivity index (χ2v) is 26.4. The van der Waals surface area contributed by atoms with Crippen molar-refractivity contribution in [3.63, 3.8) is 0 Å². The van der Waals surface area contributed by atoms with Gasteiger partial charge in [0.15, 0.2) is 0 Å². The van der Waals surface area contributed by atoms with Crippen LogP contribution in [0.5, 0.6) is 0 Å². The van der Waals surface area contributed by atoms with E-state index in [1.807, 2.05) is 0 Å².